The van der Waals surface area contributed by atoms with Crippen LogP contribution in [0.3, 0.4) is 0 Å². The second kappa shape index (κ2) is 28.0. The van der Waals surface area contributed by atoms with Crippen molar-refractivity contribution < 1.29 is 9.84 Å². The summed E-state index contributed by atoms with van der Waals surface area (Å²) in [4.78, 5) is 0. The first-order valence-corrected chi connectivity index (χ1v) is 14.0. The van der Waals surface area contributed by atoms with Gasteiger partial charge in [-0.25, -0.2) is 0 Å². The number of hydrogen-bond donors (Lipinski definition) is 1. The van der Waals surface area contributed by atoms with Crippen LogP contribution in [0.4, 0.5) is 0 Å². The van der Waals surface area contributed by atoms with Crippen LogP contribution in [0.5, 0.6) is 0 Å². The van der Waals surface area contributed by atoms with Gasteiger partial charge in [-0.1, -0.05) is 111 Å². The Balaban J connectivity index is -0.000000247. The molecule has 0 radical (unpaired) electrons. The molecule has 0 aromatic carbocycles. The third kappa shape index (κ3) is 20.1. The van der Waals surface area contributed by atoms with Crippen molar-refractivity contribution in [1.82, 2.24) is 0 Å². The van der Waals surface area contributed by atoms with Crippen LogP contribution in [-0.4, -0.2) is 17.8 Å². The fourth-order valence-electron chi connectivity index (χ4n) is 4.11. The van der Waals surface area contributed by atoms with Crippen LogP contribution in [0.15, 0.2) is 46.8 Å². The standard InChI is InChI=1S/C23H38O.4C2H6.CH4O/c1-9-12-18(4)14-21-16-23(11-3,15-19(5)13-10-2)17-22(7,8)24-20(21)6;5*1-2/h9,12,14-15H,10-11,13,16-17H2,1-8H3;4*1-2H3;2H,1H3/b12-9-,18-14-,19-15-;;;;;/t23-;;;;;/m0...../s1. The monoisotopic (exact) mass is 483 g/mol. The number of rotatable bonds is 6. The molecule has 2 heteroatoms. The SMILES string of the molecule is C/C=C\C(C)=C/C1=C(C)OC(C)(C)C[C@](/C=C(/C)CCC)(CC)C1.CC.CC.CC.CC.CO. The highest BCUT2D eigenvalue weighted by Gasteiger charge is 2.38. The molecule has 1 rings (SSSR count). The first-order chi connectivity index (χ1) is 16.2. The lowest BCUT2D eigenvalue weighted by Crippen LogP contribution is -2.31. The maximum absolute atomic E-state index is 7.00. The van der Waals surface area contributed by atoms with Crippen LogP contribution >= 0.6 is 0 Å². The first-order valence-electron chi connectivity index (χ1n) is 14.0. The van der Waals surface area contributed by atoms with Crippen molar-refractivity contribution in [1.29, 1.82) is 0 Å². The predicted octanol–water partition coefficient (Wildman–Crippen LogP) is 11.2. The van der Waals surface area contributed by atoms with Gasteiger partial charge in [0.15, 0.2) is 0 Å². The Morgan fingerprint density at radius 3 is 1.79 bits per heavy atom. The van der Waals surface area contributed by atoms with Gasteiger partial charge in [0.2, 0.25) is 0 Å². The summed E-state index contributed by atoms with van der Waals surface area (Å²) in [5, 5.41) is 7.00. The highest BCUT2D eigenvalue weighted by molar-refractivity contribution is 5.33. The summed E-state index contributed by atoms with van der Waals surface area (Å²) in [6.45, 7) is 33.7. The van der Waals surface area contributed by atoms with E-state index in [0.29, 0.717) is 0 Å². The molecule has 206 valence electrons. The number of aliphatic hydroxyl groups is 1. The molecule has 1 atom stereocenters. The fraction of sp³-hybridized carbons (Fsp3) is 0.750. The second-order valence-electron chi connectivity index (χ2n) is 8.14. The molecule has 1 aliphatic rings. The molecule has 0 aromatic heterocycles. The molecule has 0 aromatic rings. The molecule has 0 fully saturated rings. The minimum absolute atomic E-state index is 0.132. The van der Waals surface area contributed by atoms with Gasteiger partial charge in [-0.2, -0.15) is 0 Å². The number of allylic oxidation sites excluding steroid dienone is 8. The topological polar surface area (TPSA) is 29.5 Å². The Morgan fingerprint density at radius 1 is 0.941 bits per heavy atom. The summed E-state index contributed by atoms with van der Waals surface area (Å²) in [5.74, 6) is 1.08. The summed E-state index contributed by atoms with van der Waals surface area (Å²) >= 11 is 0. The van der Waals surface area contributed by atoms with Gasteiger partial charge in [-0.05, 0) is 78.2 Å². The lowest BCUT2D eigenvalue weighted by molar-refractivity contribution is 0.00958. The van der Waals surface area contributed by atoms with E-state index >= 15 is 0 Å². The van der Waals surface area contributed by atoms with Crippen LogP contribution in [0.2, 0.25) is 0 Å². The Labute approximate surface area is 217 Å². The zero-order chi connectivity index (χ0) is 28.4. The number of hydrogen-bond acceptors (Lipinski definition) is 2. The van der Waals surface area contributed by atoms with Crippen LogP contribution in [0, 0.1) is 5.41 Å². The van der Waals surface area contributed by atoms with Crippen LogP contribution < -0.4 is 0 Å². The molecule has 1 heterocycles. The third-order valence-electron chi connectivity index (χ3n) is 4.93. The molecular formula is C32H66O2. The van der Waals surface area contributed by atoms with Gasteiger partial charge in [-0.15, -0.1) is 0 Å². The Bertz CT molecular complexity index is 547. The Kier molecular flexibility index (Phi) is 35.2. The zero-order valence-corrected chi connectivity index (χ0v) is 26.7. The van der Waals surface area contributed by atoms with E-state index in [9.17, 15) is 0 Å². The van der Waals surface area contributed by atoms with E-state index in [2.05, 4.69) is 79.7 Å². The molecule has 2 nitrogen and oxygen atoms in total. The van der Waals surface area contributed by atoms with E-state index in [-0.39, 0.29) is 11.0 Å². The second-order valence-corrected chi connectivity index (χ2v) is 8.14. The quantitative estimate of drug-likeness (QED) is 0.301. The molecule has 0 bridgehead atoms. The Hall–Kier alpha value is -1.28. The lowest BCUT2D eigenvalue weighted by Gasteiger charge is -2.36. The van der Waals surface area contributed by atoms with Crippen molar-refractivity contribution in [2.75, 3.05) is 7.11 Å². The highest BCUT2D eigenvalue weighted by atomic mass is 16.5. The first kappa shape index (κ1) is 42.8. The highest BCUT2D eigenvalue weighted by Crippen LogP contribution is 2.46. The smallest absolute Gasteiger partial charge is 0.104 e. The normalized spacial score (nSPS) is 19.1. The minimum Gasteiger partial charge on any atom is -0.492 e. The van der Waals surface area contributed by atoms with Gasteiger partial charge in [-0.3, -0.25) is 0 Å². The van der Waals surface area contributed by atoms with E-state index in [0.717, 1.165) is 32.1 Å². The van der Waals surface area contributed by atoms with E-state index in [1.54, 1.807) is 0 Å². The fourth-order valence-corrected chi connectivity index (χ4v) is 4.11. The molecule has 0 spiro atoms. The van der Waals surface area contributed by atoms with Crippen molar-refractivity contribution in [2.45, 2.75) is 148 Å². The summed E-state index contributed by atoms with van der Waals surface area (Å²) in [7, 11) is 1.00. The number of aliphatic hydroxyl groups excluding tert-OH is 1. The van der Waals surface area contributed by atoms with Gasteiger partial charge in [0.05, 0.1) is 5.76 Å². The van der Waals surface area contributed by atoms with Gasteiger partial charge < -0.3 is 9.84 Å². The average molecular weight is 483 g/mol. The van der Waals surface area contributed by atoms with Crippen LogP contribution in [-0.2, 0) is 4.74 Å². The summed E-state index contributed by atoms with van der Waals surface area (Å²) in [6, 6.07) is 0. The van der Waals surface area contributed by atoms with Crippen molar-refractivity contribution in [3.8, 4) is 0 Å². The van der Waals surface area contributed by atoms with Crippen molar-refractivity contribution in [3.63, 3.8) is 0 Å². The summed E-state index contributed by atoms with van der Waals surface area (Å²) in [5.41, 5.74) is 4.20. The third-order valence-corrected chi connectivity index (χ3v) is 4.93. The number of ether oxygens (including phenoxy) is 1. The average Bonchev–Trinajstić information content (AvgIpc) is 2.93. The lowest BCUT2D eigenvalue weighted by atomic mass is 9.71. The molecular weight excluding hydrogens is 416 g/mol. The van der Waals surface area contributed by atoms with E-state index in [4.69, 9.17) is 9.84 Å². The summed E-state index contributed by atoms with van der Waals surface area (Å²) in [6.07, 6.45) is 14.8. The zero-order valence-electron chi connectivity index (χ0n) is 26.7. The van der Waals surface area contributed by atoms with Gasteiger partial charge in [0.25, 0.3) is 0 Å². The minimum atomic E-state index is -0.132. The van der Waals surface area contributed by atoms with Crippen molar-refractivity contribution in [2.24, 2.45) is 5.41 Å². The van der Waals surface area contributed by atoms with E-state index in [1.807, 2.05) is 55.4 Å². The molecule has 0 saturated carbocycles. The molecule has 1 N–H and O–H groups in total. The molecule has 0 amide bonds. The predicted molar refractivity (Wildman–Crippen MR) is 161 cm³/mol. The molecule has 1 aliphatic heterocycles. The Morgan fingerprint density at radius 2 is 1.41 bits per heavy atom. The molecule has 34 heavy (non-hydrogen) atoms. The van der Waals surface area contributed by atoms with Crippen LogP contribution in [0.1, 0.15) is 143 Å². The van der Waals surface area contributed by atoms with Gasteiger partial charge >= 0.3 is 0 Å². The molecule has 0 saturated heterocycles. The molecule has 0 unspecified atom stereocenters. The van der Waals surface area contributed by atoms with Gasteiger partial charge in [0, 0.05) is 7.11 Å². The van der Waals surface area contributed by atoms with Crippen LogP contribution in [0.25, 0.3) is 0 Å². The summed E-state index contributed by atoms with van der Waals surface area (Å²) < 4.78 is 6.37. The largest absolute Gasteiger partial charge is 0.492 e. The maximum atomic E-state index is 7.00. The van der Waals surface area contributed by atoms with Crippen molar-refractivity contribution in [3.05, 3.63) is 46.8 Å². The van der Waals surface area contributed by atoms with E-state index in [1.165, 1.54) is 29.6 Å². The molecule has 0 aliphatic carbocycles. The maximum Gasteiger partial charge on any atom is 0.104 e. The van der Waals surface area contributed by atoms with Crippen molar-refractivity contribution >= 4 is 0 Å². The van der Waals surface area contributed by atoms with Gasteiger partial charge in [0.1, 0.15) is 5.60 Å². The van der Waals surface area contributed by atoms with E-state index < -0.39 is 0 Å².